The summed E-state index contributed by atoms with van der Waals surface area (Å²) >= 11 is 0. The van der Waals surface area contributed by atoms with Crippen molar-refractivity contribution in [1.82, 2.24) is 0 Å². The minimum Gasteiger partial charge on any atom is -0.494 e. The molecule has 0 aliphatic heterocycles. The van der Waals surface area contributed by atoms with Gasteiger partial charge in [-0.2, -0.15) is 0 Å². The van der Waals surface area contributed by atoms with Gasteiger partial charge in [-0.25, -0.2) is 0 Å². The van der Waals surface area contributed by atoms with Gasteiger partial charge in [-0.3, -0.25) is 0 Å². The summed E-state index contributed by atoms with van der Waals surface area (Å²) in [6, 6.07) is 8.03. The van der Waals surface area contributed by atoms with Crippen LogP contribution in [-0.4, -0.2) is 6.61 Å². The highest BCUT2D eigenvalue weighted by atomic mass is 16.5. The van der Waals surface area contributed by atoms with E-state index in [0.717, 1.165) is 17.9 Å². The van der Waals surface area contributed by atoms with Gasteiger partial charge >= 0.3 is 0 Å². The zero-order valence-electron chi connectivity index (χ0n) is 7.00. The predicted molar refractivity (Wildman–Crippen MR) is 46.7 cm³/mol. The molecule has 0 bridgehead atoms. The van der Waals surface area contributed by atoms with Crippen molar-refractivity contribution < 1.29 is 4.74 Å². The van der Waals surface area contributed by atoms with Crippen molar-refractivity contribution in [2.24, 2.45) is 0 Å². The number of rotatable bonds is 3. The van der Waals surface area contributed by atoms with Crippen molar-refractivity contribution in [2.75, 3.05) is 6.61 Å². The predicted octanol–water partition coefficient (Wildman–Crippen LogP) is 2.66. The van der Waals surface area contributed by atoms with Gasteiger partial charge in [-0.1, -0.05) is 25.1 Å². The normalized spacial score (nSPS) is 9.64. The first-order valence-electron chi connectivity index (χ1n) is 3.89. The van der Waals surface area contributed by atoms with Crippen molar-refractivity contribution in [3.8, 4) is 5.75 Å². The van der Waals surface area contributed by atoms with Gasteiger partial charge in [0.2, 0.25) is 0 Å². The molecule has 0 fully saturated rings. The summed E-state index contributed by atoms with van der Waals surface area (Å²) in [6.45, 7) is 4.73. The molecule has 0 aromatic heterocycles. The highest BCUT2D eigenvalue weighted by Gasteiger charge is 1.97. The molecule has 1 nitrogen and oxygen atoms in total. The molecule has 1 radical (unpaired) electrons. The molecule has 0 heterocycles. The Bertz CT molecular complexity index is 218. The zero-order chi connectivity index (χ0) is 8.10. The van der Waals surface area contributed by atoms with Crippen molar-refractivity contribution >= 4 is 0 Å². The average Bonchev–Trinajstić information content (AvgIpc) is 2.06. The monoisotopic (exact) mass is 149 g/mol. The summed E-state index contributed by atoms with van der Waals surface area (Å²) in [5.41, 5.74) is 1.16. The van der Waals surface area contributed by atoms with E-state index >= 15 is 0 Å². The quantitative estimate of drug-likeness (QED) is 0.642. The van der Waals surface area contributed by atoms with Crippen molar-refractivity contribution in [1.29, 1.82) is 0 Å². The van der Waals surface area contributed by atoms with Crippen LogP contribution in [0.3, 0.4) is 0 Å². The fourth-order valence-corrected chi connectivity index (χ4v) is 1.01. The highest BCUT2D eigenvalue weighted by Crippen LogP contribution is 2.18. The van der Waals surface area contributed by atoms with E-state index in [9.17, 15) is 0 Å². The van der Waals surface area contributed by atoms with Crippen molar-refractivity contribution in [2.45, 2.75) is 13.8 Å². The van der Waals surface area contributed by atoms with Crippen LogP contribution in [0.1, 0.15) is 19.4 Å². The van der Waals surface area contributed by atoms with E-state index in [0.29, 0.717) is 0 Å². The second-order valence-electron chi connectivity index (χ2n) is 2.26. The molecule has 59 valence electrons. The molecule has 0 aliphatic rings. The molecule has 0 saturated heterocycles. The molecule has 1 aromatic carbocycles. The summed E-state index contributed by atoms with van der Waals surface area (Å²) < 4.78 is 5.40. The molecule has 0 atom stereocenters. The van der Waals surface area contributed by atoms with Gasteiger partial charge in [0, 0.05) is 0 Å². The molecule has 0 unspecified atom stereocenters. The van der Waals surface area contributed by atoms with Gasteiger partial charge in [-0.05, 0) is 25.0 Å². The lowest BCUT2D eigenvalue weighted by atomic mass is 10.1. The second kappa shape index (κ2) is 4.02. The van der Waals surface area contributed by atoms with Gasteiger partial charge in [0.05, 0.1) is 6.61 Å². The van der Waals surface area contributed by atoms with Gasteiger partial charge in [0.15, 0.2) is 0 Å². The molecule has 11 heavy (non-hydrogen) atoms. The summed E-state index contributed by atoms with van der Waals surface area (Å²) in [7, 11) is 0. The van der Waals surface area contributed by atoms with E-state index in [-0.39, 0.29) is 0 Å². The number of para-hydroxylation sites is 1. The number of hydrogen-bond donors (Lipinski definition) is 0. The Hall–Kier alpha value is -0.980. The maximum Gasteiger partial charge on any atom is 0.122 e. The van der Waals surface area contributed by atoms with E-state index < -0.39 is 0 Å². The average molecular weight is 149 g/mol. The topological polar surface area (TPSA) is 9.23 Å². The lowest BCUT2D eigenvalue weighted by molar-refractivity contribution is 0.338. The van der Waals surface area contributed by atoms with Crippen LogP contribution in [0.25, 0.3) is 0 Å². The van der Waals surface area contributed by atoms with Crippen LogP contribution in [0.4, 0.5) is 0 Å². The third-order valence-electron chi connectivity index (χ3n) is 1.53. The standard InChI is InChI=1S/C10H13O/c1-3-9-7-5-6-8-10(9)11-4-2/h3,5-8H,4H2,1-2H3. The maximum atomic E-state index is 5.40. The van der Waals surface area contributed by atoms with Crippen molar-refractivity contribution in [3.63, 3.8) is 0 Å². The largest absolute Gasteiger partial charge is 0.494 e. The minimum absolute atomic E-state index is 0.727. The Kier molecular flexibility index (Phi) is 2.96. The molecule has 1 heteroatoms. The SMILES string of the molecule is C[CH]c1ccccc1OCC. The Morgan fingerprint density at radius 2 is 2.09 bits per heavy atom. The van der Waals surface area contributed by atoms with E-state index in [2.05, 4.69) is 0 Å². The molecule has 0 aliphatic carbocycles. The Labute approximate surface area is 68.0 Å². The summed E-state index contributed by atoms with van der Waals surface area (Å²) in [5, 5.41) is 0. The molecule has 0 amide bonds. The first-order valence-corrected chi connectivity index (χ1v) is 3.89. The summed E-state index contributed by atoms with van der Waals surface area (Å²) in [5.74, 6) is 0.970. The smallest absolute Gasteiger partial charge is 0.122 e. The van der Waals surface area contributed by atoms with Crippen LogP contribution in [0.15, 0.2) is 24.3 Å². The fourth-order valence-electron chi connectivity index (χ4n) is 1.01. The van der Waals surface area contributed by atoms with Gasteiger partial charge < -0.3 is 4.74 Å². The number of hydrogen-bond acceptors (Lipinski definition) is 1. The van der Waals surface area contributed by atoms with Gasteiger partial charge in [-0.15, -0.1) is 0 Å². The Balaban J connectivity index is 2.83. The highest BCUT2D eigenvalue weighted by molar-refractivity contribution is 5.37. The second-order valence-corrected chi connectivity index (χ2v) is 2.26. The molecule has 1 rings (SSSR count). The van der Waals surface area contributed by atoms with Crippen molar-refractivity contribution in [3.05, 3.63) is 36.2 Å². The molecule has 0 saturated carbocycles. The van der Waals surface area contributed by atoms with Crippen LogP contribution in [0.2, 0.25) is 0 Å². The molecular formula is C10H13O. The fraction of sp³-hybridized carbons (Fsp3) is 0.300. The summed E-state index contributed by atoms with van der Waals surface area (Å²) in [6.07, 6.45) is 2.05. The Morgan fingerprint density at radius 1 is 1.36 bits per heavy atom. The molecular weight excluding hydrogens is 136 g/mol. The lowest BCUT2D eigenvalue weighted by Gasteiger charge is -2.06. The van der Waals surface area contributed by atoms with Crippen LogP contribution in [-0.2, 0) is 0 Å². The third kappa shape index (κ3) is 1.97. The van der Waals surface area contributed by atoms with Crippen LogP contribution in [0.5, 0.6) is 5.75 Å². The van der Waals surface area contributed by atoms with Crippen LogP contribution < -0.4 is 4.74 Å². The first-order chi connectivity index (χ1) is 5.38. The van der Waals surface area contributed by atoms with E-state index in [4.69, 9.17) is 4.74 Å². The third-order valence-corrected chi connectivity index (χ3v) is 1.53. The molecule has 1 aromatic rings. The van der Waals surface area contributed by atoms with Gasteiger partial charge in [0.1, 0.15) is 5.75 Å². The van der Waals surface area contributed by atoms with Crippen LogP contribution in [0, 0.1) is 6.42 Å². The first kappa shape index (κ1) is 8.12. The van der Waals surface area contributed by atoms with E-state index in [1.807, 2.05) is 44.5 Å². The van der Waals surface area contributed by atoms with E-state index in [1.165, 1.54) is 0 Å². The zero-order valence-corrected chi connectivity index (χ0v) is 7.00. The Morgan fingerprint density at radius 3 is 2.73 bits per heavy atom. The van der Waals surface area contributed by atoms with Crippen LogP contribution >= 0.6 is 0 Å². The summed E-state index contributed by atoms with van der Waals surface area (Å²) in [4.78, 5) is 0. The van der Waals surface area contributed by atoms with Gasteiger partial charge in [0.25, 0.3) is 0 Å². The maximum absolute atomic E-state index is 5.40. The number of ether oxygens (including phenoxy) is 1. The minimum atomic E-state index is 0.727. The molecule has 0 spiro atoms. The molecule has 0 N–H and O–H groups in total. The van der Waals surface area contributed by atoms with E-state index in [1.54, 1.807) is 0 Å². The lowest BCUT2D eigenvalue weighted by Crippen LogP contribution is -1.94. The number of benzene rings is 1.